The van der Waals surface area contributed by atoms with Crippen LogP contribution in [0.5, 0.6) is 0 Å². The highest BCUT2D eigenvalue weighted by atomic mass is 16.1. The Morgan fingerprint density at radius 2 is 1.90 bits per heavy atom. The van der Waals surface area contributed by atoms with Gasteiger partial charge >= 0.3 is 0 Å². The molecule has 3 N–H and O–H groups in total. The van der Waals surface area contributed by atoms with Crippen molar-refractivity contribution in [1.29, 1.82) is 0 Å². The minimum absolute atomic E-state index is 0.257. The van der Waals surface area contributed by atoms with Crippen LogP contribution in [0.3, 0.4) is 0 Å². The van der Waals surface area contributed by atoms with Crippen LogP contribution in [0.2, 0.25) is 0 Å². The van der Waals surface area contributed by atoms with Gasteiger partial charge in [0.25, 0.3) is 0 Å². The number of aryl methyl sites for hydroxylation is 1. The molecular formula is C17H20N2O. The Hall–Kier alpha value is -2.13. The summed E-state index contributed by atoms with van der Waals surface area (Å²) < 4.78 is 0. The lowest BCUT2D eigenvalue weighted by molar-refractivity contribution is 0.1000. The van der Waals surface area contributed by atoms with Gasteiger partial charge in [-0.05, 0) is 37.1 Å². The van der Waals surface area contributed by atoms with Crippen molar-refractivity contribution in [3.63, 3.8) is 0 Å². The number of amides is 1. The summed E-state index contributed by atoms with van der Waals surface area (Å²) in [5, 5.41) is 3.45. The highest BCUT2D eigenvalue weighted by molar-refractivity contribution is 5.92. The normalized spacial score (nSPS) is 12.1. The Balaban J connectivity index is 1.99. The number of rotatable bonds is 5. The predicted octanol–water partition coefficient (Wildman–Crippen LogP) is 2.94. The molecule has 0 aromatic heterocycles. The molecule has 2 aromatic carbocycles. The van der Waals surface area contributed by atoms with Crippen LogP contribution in [0.15, 0.2) is 48.5 Å². The number of hydrogen-bond donors (Lipinski definition) is 2. The number of hydrogen-bond acceptors (Lipinski definition) is 2. The van der Waals surface area contributed by atoms with E-state index in [0.717, 1.165) is 5.56 Å². The molecule has 3 nitrogen and oxygen atoms in total. The molecule has 0 heterocycles. The van der Waals surface area contributed by atoms with Crippen LogP contribution >= 0.6 is 0 Å². The van der Waals surface area contributed by atoms with E-state index in [1.807, 2.05) is 18.2 Å². The van der Waals surface area contributed by atoms with E-state index in [1.54, 1.807) is 6.07 Å². The van der Waals surface area contributed by atoms with Crippen LogP contribution in [0, 0.1) is 6.92 Å². The second-order valence-corrected chi connectivity index (χ2v) is 5.08. The second-order valence-electron chi connectivity index (χ2n) is 5.08. The molecule has 0 aliphatic heterocycles. The topological polar surface area (TPSA) is 55.1 Å². The van der Waals surface area contributed by atoms with E-state index in [0.29, 0.717) is 12.1 Å². The molecule has 0 bridgehead atoms. The van der Waals surface area contributed by atoms with Gasteiger partial charge in [0, 0.05) is 18.2 Å². The third-order valence-electron chi connectivity index (χ3n) is 3.40. The molecule has 0 fully saturated rings. The second kappa shape index (κ2) is 6.35. The fraction of sp³-hybridized carbons (Fsp3) is 0.235. The minimum Gasteiger partial charge on any atom is -0.366 e. The highest BCUT2D eigenvalue weighted by Crippen LogP contribution is 2.14. The zero-order valence-electron chi connectivity index (χ0n) is 11.9. The molecule has 1 atom stereocenters. The van der Waals surface area contributed by atoms with Gasteiger partial charge in [-0.3, -0.25) is 4.79 Å². The van der Waals surface area contributed by atoms with Gasteiger partial charge in [0.15, 0.2) is 0 Å². The molecule has 0 saturated heterocycles. The predicted molar refractivity (Wildman–Crippen MR) is 81.4 cm³/mol. The van der Waals surface area contributed by atoms with Crippen molar-refractivity contribution in [3.8, 4) is 0 Å². The number of nitrogens with one attached hydrogen (secondary N) is 1. The average molecular weight is 268 g/mol. The Morgan fingerprint density at radius 1 is 1.20 bits per heavy atom. The smallest absolute Gasteiger partial charge is 0.248 e. The first-order valence-corrected chi connectivity index (χ1v) is 6.75. The number of carbonyl (C=O) groups excluding carboxylic acids is 1. The zero-order chi connectivity index (χ0) is 14.5. The maximum atomic E-state index is 11.1. The van der Waals surface area contributed by atoms with Crippen molar-refractivity contribution in [2.75, 3.05) is 0 Å². The maximum absolute atomic E-state index is 11.1. The number of primary amides is 1. The summed E-state index contributed by atoms with van der Waals surface area (Å²) in [6, 6.07) is 16.1. The number of nitrogens with two attached hydrogens (primary N) is 1. The summed E-state index contributed by atoms with van der Waals surface area (Å²) in [6.45, 7) is 4.91. The molecule has 20 heavy (non-hydrogen) atoms. The molecule has 104 valence electrons. The van der Waals surface area contributed by atoms with Gasteiger partial charge in [-0.2, -0.15) is 0 Å². The van der Waals surface area contributed by atoms with Gasteiger partial charge in [0.05, 0.1) is 0 Å². The lowest BCUT2D eigenvalue weighted by Crippen LogP contribution is -2.18. The van der Waals surface area contributed by atoms with E-state index < -0.39 is 5.91 Å². The fourth-order valence-electron chi connectivity index (χ4n) is 2.08. The molecule has 1 unspecified atom stereocenters. The SMILES string of the molecule is Cc1ccc(C(C)NCc2cccc(C(N)=O)c2)cc1. The van der Waals surface area contributed by atoms with E-state index in [4.69, 9.17) is 5.73 Å². The van der Waals surface area contributed by atoms with E-state index in [2.05, 4.69) is 43.4 Å². The van der Waals surface area contributed by atoms with Gasteiger partial charge < -0.3 is 11.1 Å². The van der Waals surface area contributed by atoms with Crippen LogP contribution < -0.4 is 11.1 Å². The lowest BCUT2D eigenvalue weighted by Gasteiger charge is -2.15. The van der Waals surface area contributed by atoms with E-state index in [-0.39, 0.29) is 6.04 Å². The molecule has 2 aromatic rings. The standard InChI is InChI=1S/C17H20N2O/c1-12-6-8-15(9-7-12)13(2)19-11-14-4-3-5-16(10-14)17(18)20/h3-10,13,19H,11H2,1-2H3,(H2,18,20). The molecule has 0 saturated carbocycles. The van der Waals surface area contributed by atoms with Crippen molar-refractivity contribution >= 4 is 5.91 Å². The third-order valence-corrected chi connectivity index (χ3v) is 3.40. The summed E-state index contributed by atoms with van der Waals surface area (Å²) in [6.07, 6.45) is 0. The van der Waals surface area contributed by atoms with Crippen molar-refractivity contribution < 1.29 is 4.79 Å². The third kappa shape index (κ3) is 3.68. The first kappa shape index (κ1) is 14.3. The Bertz CT molecular complexity index is 590. The molecule has 2 rings (SSSR count). The van der Waals surface area contributed by atoms with Crippen LogP contribution in [0.1, 0.15) is 40.0 Å². The maximum Gasteiger partial charge on any atom is 0.248 e. The van der Waals surface area contributed by atoms with Crippen LogP contribution in [-0.4, -0.2) is 5.91 Å². The first-order valence-electron chi connectivity index (χ1n) is 6.75. The molecule has 0 spiro atoms. The Labute approximate surface area is 119 Å². The number of benzene rings is 2. The monoisotopic (exact) mass is 268 g/mol. The van der Waals surface area contributed by atoms with Crippen LogP contribution in [-0.2, 0) is 6.54 Å². The zero-order valence-corrected chi connectivity index (χ0v) is 11.9. The van der Waals surface area contributed by atoms with Crippen molar-refractivity contribution in [2.45, 2.75) is 26.4 Å². The van der Waals surface area contributed by atoms with Gasteiger partial charge in [0.1, 0.15) is 0 Å². The molecule has 0 radical (unpaired) electrons. The largest absolute Gasteiger partial charge is 0.366 e. The van der Waals surface area contributed by atoms with Gasteiger partial charge in [-0.25, -0.2) is 0 Å². The van der Waals surface area contributed by atoms with E-state index >= 15 is 0 Å². The summed E-state index contributed by atoms with van der Waals surface area (Å²) in [5.41, 5.74) is 9.40. The quantitative estimate of drug-likeness (QED) is 0.876. The molecule has 1 amide bonds. The average Bonchev–Trinajstić information content (AvgIpc) is 2.46. The van der Waals surface area contributed by atoms with Crippen LogP contribution in [0.25, 0.3) is 0 Å². The fourth-order valence-corrected chi connectivity index (χ4v) is 2.08. The summed E-state index contributed by atoms with van der Waals surface area (Å²) >= 11 is 0. The Morgan fingerprint density at radius 3 is 2.55 bits per heavy atom. The van der Waals surface area contributed by atoms with Gasteiger partial charge in [-0.15, -0.1) is 0 Å². The molecular weight excluding hydrogens is 248 g/mol. The lowest BCUT2D eigenvalue weighted by atomic mass is 10.1. The summed E-state index contributed by atoms with van der Waals surface area (Å²) in [5.74, 6) is -0.390. The molecule has 3 heteroatoms. The van der Waals surface area contributed by atoms with Gasteiger partial charge in [-0.1, -0.05) is 42.0 Å². The molecule has 0 aliphatic rings. The van der Waals surface area contributed by atoms with Crippen molar-refractivity contribution in [1.82, 2.24) is 5.32 Å². The minimum atomic E-state index is -0.390. The van der Waals surface area contributed by atoms with Gasteiger partial charge in [0.2, 0.25) is 5.91 Å². The van der Waals surface area contributed by atoms with Crippen molar-refractivity contribution in [2.24, 2.45) is 5.73 Å². The highest BCUT2D eigenvalue weighted by Gasteiger charge is 2.06. The summed E-state index contributed by atoms with van der Waals surface area (Å²) in [4.78, 5) is 11.1. The van der Waals surface area contributed by atoms with Crippen LogP contribution in [0.4, 0.5) is 0 Å². The van der Waals surface area contributed by atoms with E-state index in [9.17, 15) is 4.79 Å². The first-order chi connectivity index (χ1) is 9.56. The Kier molecular flexibility index (Phi) is 4.53. The number of carbonyl (C=O) groups is 1. The summed E-state index contributed by atoms with van der Waals surface area (Å²) in [7, 11) is 0. The van der Waals surface area contributed by atoms with E-state index in [1.165, 1.54) is 11.1 Å². The molecule has 0 aliphatic carbocycles. The van der Waals surface area contributed by atoms with Crippen molar-refractivity contribution in [3.05, 3.63) is 70.8 Å².